The fourth-order valence-corrected chi connectivity index (χ4v) is 2.56. The third kappa shape index (κ3) is 3.15. The molecule has 23 heavy (non-hydrogen) atoms. The second-order valence-corrected chi connectivity index (χ2v) is 5.13. The van der Waals surface area contributed by atoms with Gasteiger partial charge in [0.15, 0.2) is 0 Å². The van der Waals surface area contributed by atoms with E-state index in [-0.39, 0.29) is 24.2 Å². The van der Waals surface area contributed by atoms with Crippen LogP contribution in [-0.2, 0) is 9.59 Å². The maximum atomic E-state index is 12.3. The van der Waals surface area contributed by atoms with Crippen LogP contribution in [0.25, 0.3) is 0 Å². The number of anilines is 2. The Morgan fingerprint density at radius 2 is 2.30 bits per heavy atom. The molecule has 8 heteroatoms. The van der Waals surface area contributed by atoms with Crippen molar-refractivity contribution in [2.75, 3.05) is 23.4 Å². The van der Waals surface area contributed by atoms with E-state index in [9.17, 15) is 9.59 Å². The number of benzene rings is 1. The first kappa shape index (κ1) is 15.0. The molecule has 1 aromatic heterocycles. The van der Waals surface area contributed by atoms with Gasteiger partial charge in [0.05, 0.1) is 18.2 Å². The largest absolute Gasteiger partial charge is 0.492 e. The Balaban J connectivity index is 1.74. The number of carbonyl (C=O) groups excluding carboxylic acids is 2. The SMILES string of the molecule is CCOc1ccccc1N1CC(C(=O)Nc2ncn[nH]2)CC1=O. The number of H-pyrrole nitrogens is 1. The van der Waals surface area contributed by atoms with Crippen LogP contribution in [0.15, 0.2) is 30.6 Å². The second kappa shape index (κ2) is 6.47. The summed E-state index contributed by atoms with van der Waals surface area (Å²) >= 11 is 0. The normalized spacial score (nSPS) is 17.3. The van der Waals surface area contributed by atoms with E-state index in [1.807, 2.05) is 31.2 Å². The van der Waals surface area contributed by atoms with Crippen LogP contribution in [0, 0.1) is 5.92 Å². The molecule has 2 aromatic rings. The lowest BCUT2D eigenvalue weighted by atomic mass is 10.1. The second-order valence-electron chi connectivity index (χ2n) is 5.13. The zero-order chi connectivity index (χ0) is 16.2. The Hall–Kier alpha value is -2.90. The van der Waals surface area contributed by atoms with Gasteiger partial charge in [0.25, 0.3) is 0 Å². The standard InChI is InChI=1S/C15H17N5O3/c1-2-23-12-6-4-3-5-11(12)20-8-10(7-13(20)21)14(22)18-15-16-9-17-19-15/h3-6,9-10H,2,7-8H2,1H3,(H2,16,17,18,19,22). The molecule has 1 aromatic carbocycles. The summed E-state index contributed by atoms with van der Waals surface area (Å²) in [7, 11) is 0. The molecule has 120 valence electrons. The minimum atomic E-state index is -0.442. The predicted molar refractivity (Wildman–Crippen MR) is 83.1 cm³/mol. The first-order chi connectivity index (χ1) is 11.2. The van der Waals surface area contributed by atoms with Crippen molar-refractivity contribution in [3.05, 3.63) is 30.6 Å². The fraction of sp³-hybridized carbons (Fsp3) is 0.333. The van der Waals surface area contributed by atoms with E-state index in [0.29, 0.717) is 24.6 Å². The molecule has 3 rings (SSSR count). The minimum absolute atomic E-state index is 0.102. The molecular weight excluding hydrogens is 298 g/mol. The van der Waals surface area contributed by atoms with Crippen molar-refractivity contribution in [3.8, 4) is 5.75 Å². The zero-order valence-electron chi connectivity index (χ0n) is 12.7. The van der Waals surface area contributed by atoms with Gasteiger partial charge in [-0.15, -0.1) is 0 Å². The molecule has 0 saturated carbocycles. The van der Waals surface area contributed by atoms with Gasteiger partial charge in [-0.1, -0.05) is 12.1 Å². The molecule has 0 radical (unpaired) electrons. The van der Waals surface area contributed by atoms with E-state index in [1.54, 1.807) is 4.90 Å². The maximum Gasteiger partial charge on any atom is 0.232 e. The summed E-state index contributed by atoms with van der Waals surface area (Å²) in [5.41, 5.74) is 0.689. The number of hydrogen-bond acceptors (Lipinski definition) is 5. The van der Waals surface area contributed by atoms with E-state index < -0.39 is 5.92 Å². The third-order valence-electron chi connectivity index (χ3n) is 3.61. The van der Waals surface area contributed by atoms with Gasteiger partial charge in [0.2, 0.25) is 17.8 Å². The highest BCUT2D eigenvalue weighted by Gasteiger charge is 2.36. The topological polar surface area (TPSA) is 100 Å². The van der Waals surface area contributed by atoms with Crippen molar-refractivity contribution in [1.82, 2.24) is 15.2 Å². The molecule has 1 aliphatic rings. The molecule has 0 bridgehead atoms. The summed E-state index contributed by atoms with van der Waals surface area (Å²) in [6.45, 7) is 2.70. The first-order valence-electron chi connectivity index (χ1n) is 7.37. The van der Waals surface area contributed by atoms with Gasteiger partial charge in [0, 0.05) is 13.0 Å². The highest BCUT2D eigenvalue weighted by atomic mass is 16.5. The Bertz CT molecular complexity index is 701. The van der Waals surface area contributed by atoms with Crippen LogP contribution in [0.3, 0.4) is 0 Å². The zero-order valence-corrected chi connectivity index (χ0v) is 12.7. The highest BCUT2D eigenvalue weighted by molar-refractivity contribution is 6.03. The molecule has 1 aliphatic heterocycles. The number of aromatic amines is 1. The van der Waals surface area contributed by atoms with Crippen LogP contribution in [0.4, 0.5) is 11.6 Å². The lowest BCUT2D eigenvalue weighted by Gasteiger charge is -2.20. The number of amides is 2. The Kier molecular flexibility index (Phi) is 4.22. The number of ether oxygens (including phenoxy) is 1. The van der Waals surface area contributed by atoms with Gasteiger partial charge < -0.3 is 9.64 Å². The molecule has 1 unspecified atom stereocenters. The van der Waals surface area contributed by atoms with Gasteiger partial charge in [-0.25, -0.2) is 5.10 Å². The van der Waals surface area contributed by atoms with E-state index >= 15 is 0 Å². The smallest absolute Gasteiger partial charge is 0.232 e. The number of hydrogen-bond donors (Lipinski definition) is 2. The fourth-order valence-electron chi connectivity index (χ4n) is 2.56. The molecule has 2 N–H and O–H groups in total. The van der Waals surface area contributed by atoms with Gasteiger partial charge in [0.1, 0.15) is 12.1 Å². The third-order valence-corrected chi connectivity index (χ3v) is 3.61. The van der Waals surface area contributed by atoms with Crippen molar-refractivity contribution < 1.29 is 14.3 Å². The molecule has 1 atom stereocenters. The van der Waals surface area contributed by atoms with E-state index in [4.69, 9.17) is 4.74 Å². The van der Waals surface area contributed by atoms with Crippen molar-refractivity contribution in [2.24, 2.45) is 5.92 Å². The lowest BCUT2D eigenvalue weighted by Crippen LogP contribution is -2.28. The van der Waals surface area contributed by atoms with Crippen LogP contribution < -0.4 is 15.0 Å². The van der Waals surface area contributed by atoms with Crippen molar-refractivity contribution in [1.29, 1.82) is 0 Å². The van der Waals surface area contributed by atoms with Gasteiger partial charge in [-0.3, -0.25) is 14.9 Å². The summed E-state index contributed by atoms with van der Waals surface area (Å²) in [6, 6.07) is 7.32. The molecule has 1 saturated heterocycles. The van der Waals surface area contributed by atoms with E-state index in [1.165, 1.54) is 6.33 Å². The van der Waals surface area contributed by atoms with E-state index in [2.05, 4.69) is 20.5 Å². The average Bonchev–Trinajstić information content (AvgIpc) is 3.18. The monoisotopic (exact) mass is 315 g/mol. The predicted octanol–water partition coefficient (Wildman–Crippen LogP) is 1.19. The Morgan fingerprint density at radius 1 is 1.48 bits per heavy atom. The van der Waals surface area contributed by atoms with Crippen LogP contribution in [0.1, 0.15) is 13.3 Å². The van der Waals surface area contributed by atoms with Gasteiger partial charge in [-0.05, 0) is 19.1 Å². The number of nitrogens with zero attached hydrogens (tertiary/aromatic N) is 3. The molecule has 0 aliphatic carbocycles. The number of carbonyl (C=O) groups is 2. The molecular formula is C15H17N5O3. The summed E-state index contributed by atoms with van der Waals surface area (Å²) in [5.74, 6) is 0.110. The van der Waals surface area contributed by atoms with Gasteiger partial charge in [-0.2, -0.15) is 10.1 Å². The van der Waals surface area contributed by atoms with Gasteiger partial charge >= 0.3 is 0 Å². The van der Waals surface area contributed by atoms with Crippen molar-refractivity contribution in [2.45, 2.75) is 13.3 Å². The Labute approximate surface area is 132 Å². The van der Waals surface area contributed by atoms with Crippen LogP contribution in [0.5, 0.6) is 5.75 Å². The van der Waals surface area contributed by atoms with Crippen LogP contribution in [0.2, 0.25) is 0 Å². The molecule has 0 spiro atoms. The molecule has 8 nitrogen and oxygen atoms in total. The number of rotatable bonds is 5. The number of nitrogens with one attached hydrogen (secondary N) is 2. The summed E-state index contributed by atoms with van der Waals surface area (Å²) in [4.78, 5) is 30.0. The van der Waals surface area contributed by atoms with Crippen LogP contribution >= 0.6 is 0 Å². The van der Waals surface area contributed by atoms with Crippen molar-refractivity contribution in [3.63, 3.8) is 0 Å². The van der Waals surface area contributed by atoms with Crippen molar-refractivity contribution >= 4 is 23.5 Å². The Morgan fingerprint density at radius 3 is 3.04 bits per heavy atom. The summed E-state index contributed by atoms with van der Waals surface area (Å²) < 4.78 is 5.56. The number of aromatic nitrogens is 3. The molecule has 1 fully saturated rings. The lowest BCUT2D eigenvalue weighted by molar-refractivity contribution is -0.122. The van der Waals surface area contributed by atoms with Crippen LogP contribution in [-0.4, -0.2) is 40.1 Å². The summed E-state index contributed by atoms with van der Waals surface area (Å²) in [5, 5.41) is 8.84. The maximum absolute atomic E-state index is 12.3. The highest BCUT2D eigenvalue weighted by Crippen LogP contribution is 2.33. The minimum Gasteiger partial charge on any atom is -0.492 e. The average molecular weight is 315 g/mol. The first-order valence-corrected chi connectivity index (χ1v) is 7.37. The van der Waals surface area contributed by atoms with E-state index in [0.717, 1.165) is 0 Å². The summed E-state index contributed by atoms with van der Waals surface area (Å²) in [6.07, 6.45) is 1.46. The molecule has 2 amide bonds. The quantitative estimate of drug-likeness (QED) is 0.863. The number of para-hydroxylation sites is 2. The molecule has 2 heterocycles.